The molecule has 2 heterocycles. The van der Waals surface area contributed by atoms with Crippen molar-refractivity contribution in [1.29, 1.82) is 0 Å². The highest BCUT2D eigenvalue weighted by molar-refractivity contribution is 5.33. The zero-order valence-electron chi connectivity index (χ0n) is 10.5. The zero-order chi connectivity index (χ0) is 11.7. The fourth-order valence-electron chi connectivity index (χ4n) is 3.13. The highest BCUT2D eigenvalue weighted by atomic mass is 16.5. The molecule has 3 rings (SSSR count). The number of morpholine rings is 1. The number of fused-ring (bicyclic) bond motifs is 1. The van der Waals surface area contributed by atoms with Crippen molar-refractivity contribution >= 4 is 0 Å². The van der Waals surface area contributed by atoms with Gasteiger partial charge in [-0.25, -0.2) is 0 Å². The number of benzene rings is 1. The van der Waals surface area contributed by atoms with Crippen LogP contribution in [-0.4, -0.2) is 32.8 Å². The molecule has 1 aromatic rings. The molecule has 1 atom stereocenters. The molecule has 0 unspecified atom stereocenters. The van der Waals surface area contributed by atoms with Crippen LogP contribution < -0.4 is 10.2 Å². The van der Waals surface area contributed by atoms with Gasteiger partial charge in [-0.1, -0.05) is 17.7 Å². The lowest BCUT2D eigenvalue weighted by atomic mass is 9.93. The quantitative estimate of drug-likeness (QED) is 0.643. The topological polar surface area (TPSA) is 30.3 Å². The third-order valence-electron chi connectivity index (χ3n) is 4.07. The minimum absolute atomic E-state index is 0.669. The number of ether oxygens (including phenoxy) is 1. The van der Waals surface area contributed by atoms with Crippen LogP contribution in [-0.2, 0) is 11.3 Å². The Bertz CT molecular complexity index is 399. The fourth-order valence-corrected chi connectivity index (χ4v) is 3.13. The summed E-state index contributed by atoms with van der Waals surface area (Å²) < 4.78 is 5.47. The second kappa shape index (κ2) is 4.77. The van der Waals surface area contributed by atoms with Crippen LogP contribution in [0.3, 0.4) is 0 Å². The van der Waals surface area contributed by atoms with Gasteiger partial charge < -0.3 is 15.0 Å². The molecule has 0 spiro atoms. The summed E-state index contributed by atoms with van der Waals surface area (Å²) in [7, 11) is 0. The van der Waals surface area contributed by atoms with Crippen LogP contribution in [0.25, 0.3) is 0 Å². The van der Waals surface area contributed by atoms with Gasteiger partial charge in [-0.05, 0) is 13.0 Å². The third-order valence-corrected chi connectivity index (χ3v) is 4.07. The van der Waals surface area contributed by atoms with Gasteiger partial charge in [-0.3, -0.25) is 0 Å². The zero-order valence-corrected chi connectivity index (χ0v) is 10.5. The molecule has 1 fully saturated rings. The van der Waals surface area contributed by atoms with Crippen molar-refractivity contribution in [2.24, 2.45) is 0 Å². The van der Waals surface area contributed by atoms with Crippen molar-refractivity contribution in [2.75, 3.05) is 32.8 Å². The van der Waals surface area contributed by atoms with E-state index in [9.17, 15) is 0 Å². The SMILES string of the molecule is Cc1ccc2c(c1)[C@@H]([NH+]1CCOCC1)C[NH2+]C2. The van der Waals surface area contributed by atoms with Crippen molar-refractivity contribution in [3.63, 3.8) is 0 Å². The maximum absolute atomic E-state index is 5.47. The predicted octanol–water partition coefficient (Wildman–Crippen LogP) is -0.972. The Morgan fingerprint density at radius 1 is 1.29 bits per heavy atom. The largest absolute Gasteiger partial charge is 0.370 e. The smallest absolute Gasteiger partial charge is 0.163 e. The summed E-state index contributed by atoms with van der Waals surface area (Å²) >= 11 is 0. The molecule has 2 aliphatic rings. The molecular formula is C14H22N2O+2. The Morgan fingerprint density at radius 3 is 2.94 bits per heavy atom. The summed E-state index contributed by atoms with van der Waals surface area (Å²) in [6, 6.07) is 7.62. The molecule has 1 aromatic carbocycles. The first-order valence-corrected chi connectivity index (χ1v) is 6.68. The average Bonchev–Trinajstić information content (AvgIpc) is 2.39. The monoisotopic (exact) mass is 234 g/mol. The van der Waals surface area contributed by atoms with Gasteiger partial charge in [-0.15, -0.1) is 0 Å². The van der Waals surface area contributed by atoms with Crippen LogP contribution in [0.1, 0.15) is 22.7 Å². The van der Waals surface area contributed by atoms with Gasteiger partial charge in [0.05, 0.1) is 13.2 Å². The van der Waals surface area contributed by atoms with Crippen LogP contribution in [0.5, 0.6) is 0 Å². The lowest BCUT2D eigenvalue weighted by molar-refractivity contribution is -0.954. The van der Waals surface area contributed by atoms with Crippen LogP contribution in [0.2, 0.25) is 0 Å². The number of quaternary nitrogens is 2. The summed E-state index contributed by atoms with van der Waals surface area (Å²) in [5.41, 5.74) is 4.51. The van der Waals surface area contributed by atoms with Crippen molar-refractivity contribution in [2.45, 2.75) is 19.5 Å². The third kappa shape index (κ3) is 2.23. The fraction of sp³-hybridized carbons (Fsp3) is 0.571. The van der Waals surface area contributed by atoms with E-state index in [1.165, 1.54) is 17.7 Å². The molecule has 3 nitrogen and oxygen atoms in total. The molecule has 3 heteroatoms. The molecule has 0 aliphatic carbocycles. The number of rotatable bonds is 1. The van der Waals surface area contributed by atoms with Gasteiger partial charge >= 0.3 is 0 Å². The van der Waals surface area contributed by atoms with Gasteiger partial charge in [0.25, 0.3) is 0 Å². The molecule has 1 saturated heterocycles. The maximum atomic E-state index is 5.47. The van der Waals surface area contributed by atoms with Crippen molar-refractivity contribution < 1.29 is 15.0 Å². The summed E-state index contributed by atoms with van der Waals surface area (Å²) in [6.07, 6.45) is 0. The van der Waals surface area contributed by atoms with Crippen molar-refractivity contribution in [3.05, 3.63) is 34.9 Å². The van der Waals surface area contributed by atoms with E-state index in [4.69, 9.17) is 4.74 Å². The van der Waals surface area contributed by atoms with Gasteiger partial charge in [-0.2, -0.15) is 0 Å². The standard InChI is InChI=1S/C14H20N2O/c1-11-2-3-12-9-15-10-14(13(12)8-11)16-4-6-17-7-5-16/h2-3,8,14-15H,4-7,9-10H2,1H3/p+2/t14-/m0/s1. The summed E-state index contributed by atoms with van der Waals surface area (Å²) in [4.78, 5) is 1.71. The predicted molar refractivity (Wildman–Crippen MR) is 65.9 cm³/mol. The van der Waals surface area contributed by atoms with Gasteiger partial charge in [0.1, 0.15) is 26.2 Å². The lowest BCUT2D eigenvalue weighted by Crippen LogP contribution is -3.17. The summed E-state index contributed by atoms with van der Waals surface area (Å²) in [6.45, 7) is 8.74. The molecule has 17 heavy (non-hydrogen) atoms. The van der Waals surface area contributed by atoms with Crippen LogP contribution in [0.15, 0.2) is 18.2 Å². The molecular weight excluding hydrogens is 212 g/mol. The molecule has 0 aromatic heterocycles. The van der Waals surface area contributed by atoms with Gasteiger partial charge in [0, 0.05) is 11.1 Å². The van der Waals surface area contributed by atoms with Gasteiger partial charge in [0.15, 0.2) is 6.04 Å². The van der Waals surface area contributed by atoms with E-state index < -0.39 is 0 Å². The average molecular weight is 234 g/mol. The number of nitrogens with two attached hydrogens (primary N) is 1. The highest BCUT2D eigenvalue weighted by Crippen LogP contribution is 2.19. The second-order valence-corrected chi connectivity index (χ2v) is 5.25. The maximum Gasteiger partial charge on any atom is 0.163 e. The summed E-state index contributed by atoms with van der Waals surface area (Å²) in [5, 5.41) is 2.45. The minimum Gasteiger partial charge on any atom is -0.370 e. The van der Waals surface area contributed by atoms with E-state index in [1.807, 2.05) is 0 Å². The molecule has 0 bridgehead atoms. The molecule has 2 aliphatic heterocycles. The molecule has 0 saturated carbocycles. The Labute approximate surface area is 103 Å². The van der Waals surface area contributed by atoms with E-state index in [-0.39, 0.29) is 0 Å². The second-order valence-electron chi connectivity index (χ2n) is 5.25. The van der Waals surface area contributed by atoms with E-state index in [1.54, 1.807) is 10.5 Å². The number of hydrogen-bond acceptors (Lipinski definition) is 1. The first kappa shape index (κ1) is 11.2. The highest BCUT2D eigenvalue weighted by Gasteiger charge is 2.32. The molecule has 92 valence electrons. The Balaban J connectivity index is 1.89. The number of nitrogens with one attached hydrogen (secondary N) is 1. The normalized spacial score (nSPS) is 25.6. The Hall–Kier alpha value is -0.900. The van der Waals surface area contributed by atoms with E-state index in [0.717, 1.165) is 32.8 Å². The number of hydrogen-bond donors (Lipinski definition) is 2. The minimum atomic E-state index is 0.669. The van der Waals surface area contributed by atoms with Crippen LogP contribution in [0, 0.1) is 6.92 Å². The van der Waals surface area contributed by atoms with Crippen molar-refractivity contribution in [1.82, 2.24) is 0 Å². The first-order chi connectivity index (χ1) is 8.34. The Kier molecular flexibility index (Phi) is 3.14. The van der Waals surface area contributed by atoms with Crippen molar-refractivity contribution in [3.8, 4) is 0 Å². The van der Waals surface area contributed by atoms with E-state index in [2.05, 4.69) is 30.4 Å². The van der Waals surface area contributed by atoms with Gasteiger partial charge in [0.2, 0.25) is 0 Å². The van der Waals surface area contributed by atoms with Crippen LogP contribution in [0.4, 0.5) is 0 Å². The van der Waals surface area contributed by atoms with Crippen LogP contribution >= 0.6 is 0 Å². The van der Waals surface area contributed by atoms with E-state index in [0.29, 0.717) is 6.04 Å². The van der Waals surface area contributed by atoms with E-state index >= 15 is 0 Å². The number of aryl methyl sites for hydroxylation is 1. The Morgan fingerprint density at radius 2 is 2.12 bits per heavy atom. The first-order valence-electron chi connectivity index (χ1n) is 6.68. The lowest BCUT2D eigenvalue weighted by Gasteiger charge is -2.33. The molecule has 3 N–H and O–H groups in total. The summed E-state index contributed by atoms with van der Waals surface area (Å²) in [5.74, 6) is 0. The molecule has 0 radical (unpaired) electrons. The molecule has 0 amide bonds.